The molecule has 1 aromatic carbocycles. The zero-order valence-corrected chi connectivity index (χ0v) is 12.0. The number of hydrogen-bond donors (Lipinski definition) is 1. The molecule has 0 bridgehead atoms. The number of benzene rings is 1. The molecule has 0 amide bonds. The number of nitrogens with zero attached hydrogens (tertiary/aromatic N) is 1. The minimum absolute atomic E-state index is 0.163. The molecule has 3 heteroatoms. The normalized spacial score (nSPS) is 24.9. The summed E-state index contributed by atoms with van der Waals surface area (Å²) in [6.07, 6.45) is 4.77. The molecule has 19 heavy (non-hydrogen) atoms. The van der Waals surface area contributed by atoms with E-state index in [1.165, 1.54) is 24.8 Å². The topological polar surface area (TPSA) is 29.3 Å². The van der Waals surface area contributed by atoms with Gasteiger partial charge in [-0.1, -0.05) is 18.6 Å². The molecular formula is C16H25FN2. The Labute approximate surface area is 115 Å². The minimum Gasteiger partial charge on any atom is -0.330 e. The fraction of sp³-hybridized carbons (Fsp3) is 0.625. The summed E-state index contributed by atoms with van der Waals surface area (Å²) >= 11 is 0. The Balaban J connectivity index is 1.95. The molecule has 1 aliphatic carbocycles. The van der Waals surface area contributed by atoms with Crippen molar-refractivity contribution in [2.45, 2.75) is 44.7 Å². The number of nitrogens with two attached hydrogens (primary N) is 1. The van der Waals surface area contributed by atoms with Crippen molar-refractivity contribution in [3.63, 3.8) is 0 Å². The monoisotopic (exact) mass is 264 g/mol. The molecule has 0 aromatic heterocycles. The predicted octanol–water partition coefficient (Wildman–Crippen LogP) is 2.82. The fourth-order valence-electron chi connectivity index (χ4n) is 3.26. The van der Waals surface area contributed by atoms with E-state index in [4.69, 9.17) is 5.73 Å². The second-order valence-corrected chi connectivity index (χ2v) is 5.84. The Morgan fingerprint density at radius 2 is 2.00 bits per heavy atom. The fourth-order valence-corrected chi connectivity index (χ4v) is 3.26. The number of rotatable bonds is 5. The highest BCUT2D eigenvalue weighted by Crippen LogP contribution is 2.30. The summed E-state index contributed by atoms with van der Waals surface area (Å²) < 4.78 is 12.9. The molecule has 2 N–H and O–H groups in total. The zero-order valence-electron chi connectivity index (χ0n) is 12.0. The summed E-state index contributed by atoms with van der Waals surface area (Å²) in [4.78, 5) is 2.47. The molecule has 106 valence electrons. The van der Waals surface area contributed by atoms with Gasteiger partial charge in [-0.05, 0) is 63.4 Å². The molecule has 1 aliphatic rings. The minimum atomic E-state index is -0.163. The van der Waals surface area contributed by atoms with E-state index in [2.05, 4.69) is 18.9 Å². The Bertz CT molecular complexity index is 390. The molecule has 0 heterocycles. The van der Waals surface area contributed by atoms with Crippen molar-refractivity contribution in [1.29, 1.82) is 0 Å². The Morgan fingerprint density at radius 1 is 1.32 bits per heavy atom. The summed E-state index contributed by atoms with van der Waals surface area (Å²) in [5.74, 6) is 0.476. The van der Waals surface area contributed by atoms with Crippen LogP contribution < -0.4 is 5.73 Å². The second kappa shape index (κ2) is 6.49. The van der Waals surface area contributed by atoms with Crippen LogP contribution in [0.2, 0.25) is 0 Å². The van der Waals surface area contributed by atoms with Gasteiger partial charge in [0.15, 0.2) is 0 Å². The van der Waals surface area contributed by atoms with Crippen molar-refractivity contribution in [2.75, 3.05) is 13.6 Å². The summed E-state index contributed by atoms with van der Waals surface area (Å²) in [7, 11) is 2.20. The third-order valence-corrected chi connectivity index (χ3v) is 4.58. The molecular weight excluding hydrogens is 239 g/mol. The predicted molar refractivity (Wildman–Crippen MR) is 77.5 cm³/mol. The van der Waals surface area contributed by atoms with Crippen molar-refractivity contribution in [3.05, 3.63) is 35.6 Å². The molecule has 0 radical (unpaired) electrons. The molecule has 1 aromatic rings. The van der Waals surface area contributed by atoms with Crippen molar-refractivity contribution >= 4 is 0 Å². The number of likely N-dealkylation sites (N-methyl/N-ethyl adjacent to an activating group) is 1. The lowest BCUT2D eigenvalue weighted by Crippen LogP contribution is -2.43. The van der Waals surface area contributed by atoms with Gasteiger partial charge in [0.25, 0.3) is 0 Å². The zero-order chi connectivity index (χ0) is 13.8. The molecule has 3 atom stereocenters. The standard InChI is InChI=1S/C16H25FN2/c1-12(10-13-6-8-15(17)9-7-13)19(2)16-5-3-4-14(16)11-18/h6-9,12,14,16H,3-5,10-11,18H2,1-2H3. The molecule has 3 unspecified atom stereocenters. The lowest BCUT2D eigenvalue weighted by molar-refractivity contribution is 0.151. The Morgan fingerprint density at radius 3 is 2.63 bits per heavy atom. The van der Waals surface area contributed by atoms with E-state index in [0.29, 0.717) is 18.0 Å². The Hall–Kier alpha value is -0.930. The van der Waals surface area contributed by atoms with Crippen LogP contribution in [-0.4, -0.2) is 30.6 Å². The van der Waals surface area contributed by atoms with Gasteiger partial charge in [-0.2, -0.15) is 0 Å². The van der Waals surface area contributed by atoms with Gasteiger partial charge in [0.05, 0.1) is 0 Å². The highest BCUT2D eigenvalue weighted by Gasteiger charge is 2.31. The average Bonchev–Trinajstić information content (AvgIpc) is 2.88. The summed E-state index contributed by atoms with van der Waals surface area (Å²) in [5.41, 5.74) is 7.06. The lowest BCUT2D eigenvalue weighted by atomic mass is 9.99. The van der Waals surface area contributed by atoms with E-state index >= 15 is 0 Å². The van der Waals surface area contributed by atoms with Gasteiger partial charge < -0.3 is 10.6 Å². The van der Waals surface area contributed by atoms with E-state index < -0.39 is 0 Å². The van der Waals surface area contributed by atoms with Crippen LogP contribution in [0.3, 0.4) is 0 Å². The molecule has 2 rings (SSSR count). The second-order valence-electron chi connectivity index (χ2n) is 5.84. The molecule has 0 saturated heterocycles. The maximum absolute atomic E-state index is 12.9. The molecule has 1 fully saturated rings. The van der Waals surface area contributed by atoms with Crippen LogP contribution in [0.25, 0.3) is 0 Å². The van der Waals surface area contributed by atoms with E-state index in [9.17, 15) is 4.39 Å². The Kier molecular flexibility index (Phi) is 4.94. The first-order valence-electron chi connectivity index (χ1n) is 7.28. The van der Waals surface area contributed by atoms with Gasteiger partial charge in [0, 0.05) is 12.1 Å². The van der Waals surface area contributed by atoms with E-state index in [-0.39, 0.29) is 5.82 Å². The first-order valence-corrected chi connectivity index (χ1v) is 7.28. The van der Waals surface area contributed by atoms with Gasteiger partial charge in [-0.25, -0.2) is 4.39 Å². The van der Waals surface area contributed by atoms with E-state index in [1.54, 1.807) is 12.1 Å². The summed E-state index contributed by atoms with van der Waals surface area (Å²) in [5, 5.41) is 0. The average molecular weight is 264 g/mol. The van der Waals surface area contributed by atoms with Gasteiger partial charge in [0.2, 0.25) is 0 Å². The van der Waals surface area contributed by atoms with Crippen LogP contribution in [0.1, 0.15) is 31.7 Å². The molecule has 0 spiro atoms. The molecule has 1 saturated carbocycles. The van der Waals surface area contributed by atoms with Crippen LogP contribution in [0.5, 0.6) is 0 Å². The van der Waals surface area contributed by atoms with Gasteiger partial charge in [-0.15, -0.1) is 0 Å². The van der Waals surface area contributed by atoms with E-state index in [0.717, 1.165) is 13.0 Å². The van der Waals surface area contributed by atoms with Gasteiger partial charge >= 0.3 is 0 Å². The van der Waals surface area contributed by atoms with Crippen molar-refractivity contribution in [3.8, 4) is 0 Å². The summed E-state index contributed by atoms with van der Waals surface area (Å²) in [6.45, 7) is 3.04. The van der Waals surface area contributed by atoms with Gasteiger partial charge in [0.1, 0.15) is 5.82 Å². The van der Waals surface area contributed by atoms with Crippen molar-refractivity contribution < 1.29 is 4.39 Å². The van der Waals surface area contributed by atoms with Crippen LogP contribution in [0.4, 0.5) is 4.39 Å². The number of hydrogen-bond acceptors (Lipinski definition) is 2. The maximum atomic E-state index is 12.9. The highest BCUT2D eigenvalue weighted by atomic mass is 19.1. The first-order chi connectivity index (χ1) is 9.11. The van der Waals surface area contributed by atoms with Crippen molar-refractivity contribution in [2.24, 2.45) is 11.7 Å². The van der Waals surface area contributed by atoms with Crippen LogP contribution in [0, 0.1) is 11.7 Å². The van der Waals surface area contributed by atoms with Crippen molar-refractivity contribution in [1.82, 2.24) is 4.90 Å². The smallest absolute Gasteiger partial charge is 0.123 e. The summed E-state index contributed by atoms with van der Waals surface area (Å²) in [6, 6.07) is 7.92. The number of halogens is 1. The van der Waals surface area contributed by atoms with Crippen LogP contribution in [-0.2, 0) is 6.42 Å². The molecule has 2 nitrogen and oxygen atoms in total. The third kappa shape index (κ3) is 3.54. The van der Waals surface area contributed by atoms with Crippen LogP contribution >= 0.6 is 0 Å². The highest BCUT2D eigenvalue weighted by molar-refractivity contribution is 5.17. The largest absolute Gasteiger partial charge is 0.330 e. The van der Waals surface area contributed by atoms with Gasteiger partial charge in [-0.3, -0.25) is 0 Å². The lowest BCUT2D eigenvalue weighted by Gasteiger charge is -2.34. The first kappa shape index (κ1) is 14.5. The SMILES string of the molecule is CC(Cc1ccc(F)cc1)N(C)C1CCCC1CN. The van der Waals surface area contributed by atoms with Crippen LogP contribution in [0.15, 0.2) is 24.3 Å². The third-order valence-electron chi connectivity index (χ3n) is 4.58. The maximum Gasteiger partial charge on any atom is 0.123 e. The quantitative estimate of drug-likeness (QED) is 0.886. The molecule has 0 aliphatic heterocycles. The van der Waals surface area contributed by atoms with E-state index in [1.807, 2.05) is 12.1 Å².